The molecular weight excluding hydrogens is 324 g/mol. The molecule has 0 amide bonds. The van der Waals surface area contributed by atoms with Gasteiger partial charge in [0.2, 0.25) is 10.0 Å². The lowest BCUT2D eigenvalue weighted by Gasteiger charge is -2.28. The first-order valence-electron chi connectivity index (χ1n) is 8.07. The Kier molecular flexibility index (Phi) is 4.25. The van der Waals surface area contributed by atoms with Gasteiger partial charge in [0, 0.05) is 6.04 Å². The van der Waals surface area contributed by atoms with Crippen LogP contribution in [0.5, 0.6) is 0 Å². The van der Waals surface area contributed by atoms with E-state index in [1.807, 2.05) is 6.92 Å². The Bertz CT molecular complexity index is 702. The molecule has 2 saturated carbocycles. The molecular formula is C15H23F2N3O2S. The van der Waals surface area contributed by atoms with Crippen molar-refractivity contribution in [1.29, 1.82) is 0 Å². The van der Waals surface area contributed by atoms with Crippen molar-refractivity contribution in [2.45, 2.75) is 63.9 Å². The molecule has 3 rings (SSSR count). The zero-order chi connectivity index (χ0) is 16.9. The highest BCUT2D eigenvalue weighted by Crippen LogP contribution is 2.49. The van der Waals surface area contributed by atoms with Gasteiger partial charge in [-0.2, -0.15) is 13.9 Å². The number of nitrogens with zero attached hydrogens (tertiary/aromatic N) is 2. The molecule has 8 heteroatoms. The SMILES string of the molecule is Cc1nn(C(F)F)c(C)c1S(=O)(=O)N[C@@H](C)[C@@H]1C[C@@H]2CC[C@@H]1C2. The summed E-state index contributed by atoms with van der Waals surface area (Å²) in [6.07, 6.45) is 4.67. The molecule has 0 radical (unpaired) electrons. The number of hydrogen-bond donors (Lipinski definition) is 1. The standard InChI is InChI=1S/C15H23F2N3O2S/c1-8(13-7-11-4-5-12(13)6-11)19-23(21,22)14-9(2)18-20(10(14)3)15(16)17/h8,11-13,15,19H,4-7H2,1-3H3/t8-,11+,12+,13-/m0/s1. The first-order chi connectivity index (χ1) is 10.7. The van der Waals surface area contributed by atoms with E-state index >= 15 is 0 Å². The summed E-state index contributed by atoms with van der Waals surface area (Å²) in [5.41, 5.74) is 0.0839. The van der Waals surface area contributed by atoms with Crippen molar-refractivity contribution in [2.75, 3.05) is 0 Å². The van der Waals surface area contributed by atoms with E-state index in [1.165, 1.54) is 33.1 Å². The van der Waals surface area contributed by atoms with Crippen molar-refractivity contribution in [2.24, 2.45) is 17.8 Å². The van der Waals surface area contributed by atoms with Crippen molar-refractivity contribution in [3.05, 3.63) is 11.4 Å². The van der Waals surface area contributed by atoms with E-state index in [4.69, 9.17) is 0 Å². The maximum Gasteiger partial charge on any atom is 0.333 e. The number of aryl methyl sites for hydroxylation is 1. The van der Waals surface area contributed by atoms with Crippen LogP contribution >= 0.6 is 0 Å². The average Bonchev–Trinajstić information content (AvgIpc) is 3.12. The lowest BCUT2D eigenvalue weighted by atomic mass is 9.84. The summed E-state index contributed by atoms with van der Waals surface area (Å²) in [5.74, 6) is 1.65. The summed E-state index contributed by atoms with van der Waals surface area (Å²) in [7, 11) is -3.85. The summed E-state index contributed by atoms with van der Waals surface area (Å²) in [6, 6.07) is -0.191. The molecule has 0 spiro atoms. The van der Waals surface area contributed by atoms with E-state index in [0.717, 1.165) is 12.3 Å². The van der Waals surface area contributed by atoms with Crippen LogP contribution in [0.15, 0.2) is 4.90 Å². The Morgan fingerprint density at radius 3 is 2.43 bits per heavy atom. The van der Waals surface area contributed by atoms with Crippen LogP contribution < -0.4 is 4.72 Å². The van der Waals surface area contributed by atoms with Gasteiger partial charge in [0.15, 0.2) is 0 Å². The second kappa shape index (κ2) is 5.81. The second-order valence-corrected chi connectivity index (χ2v) is 8.62. The third-order valence-corrected chi connectivity index (χ3v) is 7.30. The predicted molar refractivity (Wildman–Crippen MR) is 81.7 cm³/mol. The van der Waals surface area contributed by atoms with Gasteiger partial charge in [0.25, 0.3) is 0 Å². The van der Waals surface area contributed by atoms with Crippen LogP contribution in [0.3, 0.4) is 0 Å². The number of hydrogen-bond acceptors (Lipinski definition) is 3. The minimum Gasteiger partial charge on any atom is -0.208 e. The summed E-state index contributed by atoms with van der Waals surface area (Å²) < 4.78 is 54.3. The maximum atomic E-state index is 12.9. The largest absolute Gasteiger partial charge is 0.333 e. The topological polar surface area (TPSA) is 64.0 Å². The van der Waals surface area contributed by atoms with Gasteiger partial charge in [0.05, 0.1) is 11.4 Å². The van der Waals surface area contributed by atoms with Gasteiger partial charge in [-0.25, -0.2) is 17.8 Å². The number of rotatable bonds is 5. The maximum absolute atomic E-state index is 12.9. The highest BCUT2D eigenvalue weighted by atomic mass is 32.2. The van der Waals surface area contributed by atoms with Crippen LogP contribution in [0.25, 0.3) is 0 Å². The number of nitrogens with one attached hydrogen (secondary N) is 1. The molecule has 0 saturated heterocycles. The summed E-state index contributed by atoms with van der Waals surface area (Å²) in [5, 5.41) is 3.67. The quantitative estimate of drug-likeness (QED) is 0.890. The van der Waals surface area contributed by atoms with Crippen molar-refractivity contribution in [1.82, 2.24) is 14.5 Å². The van der Waals surface area contributed by atoms with Crippen LogP contribution in [0, 0.1) is 31.6 Å². The highest BCUT2D eigenvalue weighted by molar-refractivity contribution is 7.89. The van der Waals surface area contributed by atoms with Crippen molar-refractivity contribution in [3.63, 3.8) is 0 Å². The van der Waals surface area contributed by atoms with Gasteiger partial charge >= 0.3 is 6.55 Å². The van der Waals surface area contributed by atoms with E-state index in [1.54, 1.807) is 0 Å². The van der Waals surface area contributed by atoms with E-state index in [0.29, 0.717) is 16.5 Å². The van der Waals surface area contributed by atoms with E-state index in [9.17, 15) is 17.2 Å². The van der Waals surface area contributed by atoms with Crippen LogP contribution in [0.2, 0.25) is 0 Å². The van der Waals surface area contributed by atoms with Gasteiger partial charge < -0.3 is 0 Å². The minimum atomic E-state index is -3.85. The molecule has 4 atom stereocenters. The minimum absolute atomic E-state index is 0.0230. The Balaban J connectivity index is 1.82. The number of fused-ring (bicyclic) bond motifs is 2. The predicted octanol–water partition coefficient (Wildman–Crippen LogP) is 3.00. The first-order valence-corrected chi connectivity index (χ1v) is 9.55. The fraction of sp³-hybridized carbons (Fsp3) is 0.800. The fourth-order valence-electron chi connectivity index (χ4n) is 4.52. The molecule has 1 aromatic rings. The van der Waals surface area contributed by atoms with Crippen molar-refractivity contribution in [3.8, 4) is 0 Å². The average molecular weight is 347 g/mol. The smallest absolute Gasteiger partial charge is 0.208 e. The molecule has 1 aromatic heterocycles. The monoisotopic (exact) mass is 347 g/mol. The summed E-state index contributed by atoms with van der Waals surface area (Å²) >= 11 is 0. The van der Waals surface area contributed by atoms with E-state index in [-0.39, 0.29) is 22.3 Å². The van der Waals surface area contributed by atoms with Gasteiger partial charge in [-0.1, -0.05) is 6.42 Å². The van der Waals surface area contributed by atoms with Gasteiger partial charge in [0.1, 0.15) is 4.90 Å². The van der Waals surface area contributed by atoms with E-state index in [2.05, 4.69) is 9.82 Å². The second-order valence-electron chi connectivity index (χ2n) is 6.97. The molecule has 2 bridgehead atoms. The molecule has 2 aliphatic carbocycles. The lowest BCUT2D eigenvalue weighted by molar-refractivity contribution is 0.0538. The number of sulfonamides is 1. The van der Waals surface area contributed by atoms with Crippen LogP contribution in [0.4, 0.5) is 8.78 Å². The number of halogens is 2. The molecule has 1 N–H and O–H groups in total. The Labute approximate surface area is 135 Å². The van der Waals surface area contributed by atoms with Crippen molar-refractivity contribution < 1.29 is 17.2 Å². The molecule has 0 aliphatic heterocycles. The van der Waals surface area contributed by atoms with Gasteiger partial charge in [-0.15, -0.1) is 0 Å². The molecule has 0 aromatic carbocycles. The zero-order valence-corrected chi connectivity index (χ0v) is 14.4. The van der Waals surface area contributed by atoms with Crippen LogP contribution in [0.1, 0.15) is 50.5 Å². The number of aromatic nitrogens is 2. The summed E-state index contributed by atoms with van der Waals surface area (Å²) in [6.45, 7) is 1.84. The first kappa shape index (κ1) is 16.8. The molecule has 5 nitrogen and oxygen atoms in total. The molecule has 1 heterocycles. The Hall–Kier alpha value is -1.02. The molecule has 23 heavy (non-hydrogen) atoms. The molecule has 2 fully saturated rings. The lowest BCUT2D eigenvalue weighted by Crippen LogP contribution is -2.40. The van der Waals surface area contributed by atoms with Gasteiger partial charge in [-0.3, -0.25) is 0 Å². The molecule has 130 valence electrons. The van der Waals surface area contributed by atoms with Gasteiger partial charge in [-0.05, 0) is 57.8 Å². The zero-order valence-electron chi connectivity index (χ0n) is 13.6. The summed E-state index contributed by atoms with van der Waals surface area (Å²) in [4.78, 5) is -0.118. The van der Waals surface area contributed by atoms with Crippen molar-refractivity contribution >= 4 is 10.0 Å². The Morgan fingerprint density at radius 1 is 1.26 bits per heavy atom. The Morgan fingerprint density at radius 2 is 1.96 bits per heavy atom. The molecule has 0 unspecified atom stereocenters. The van der Waals surface area contributed by atoms with Crippen LogP contribution in [-0.4, -0.2) is 24.2 Å². The number of alkyl halides is 2. The van der Waals surface area contributed by atoms with E-state index < -0.39 is 16.6 Å². The third kappa shape index (κ3) is 2.91. The highest BCUT2D eigenvalue weighted by Gasteiger charge is 2.43. The normalized spacial score (nSPS) is 28.7. The third-order valence-electron chi connectivity index (χ3n) is 5.49. The molecule has 2 aliphatic rings. The van der Waals surface area contributed by atoms with Crippen LogP contribution in [-0.2, 0) is 10.0 Å². The fourth-order valence-corrected chi connectivity index (χ4v) is 6.22.